The van der Waals surface area contributed by atoms with E-state index in [0.717, 1.165) is 10.4 Å². The van der Waals surface area contributed by atoms with E-state index in [1.54, 1.807) is 25.3 Å². The zero-order chi connectivity index (χ0) is 23.8. The molecule has 0 fully saturated rings. The largest absolute Gasteiger partial charge is 0.405 e. The second-order valence-corrected chi connectivity index (χ2v) is 13.7. The molecule has 174 valence electrons. The lowest BCUT2D eigenvalue weighted by molar-refractivity contribution is 0.0111. The van der Waals surface area contributed by atoms with Gasteiger partial charge < -0.3 is 19.4 Å². The smallest absolute Gasteiger partial charge is 0.261 e. The summed E-state index contributed by atoms with van der Waals surface area (Å²) >= 11 is 0. The SMILES string of the molecule is C=CC[C@@](C)(/C=C\[C@@H](O)[C@H](O)CO[Si](c1ccccc1)(c1ccccc1)C(C)(C)C)OC. The molecular formula is C27H38O4Si. The molecule has 0 heterocycles. The van der Waals surface area contributed by atoms with Gasteiger partial charge in [-0.1, -0.05) is 99.7 Å². The molecule has 0 aliphatic rings. The van der Waals surface area contributed by atoms with Gasteiger partial charge in [0.05, 0.1) is 12.2 Å². The van der Waals surface area contributed by atoms with Crippen LogP contribution in [-0.4, -0.2) is 50.1 Å². The van der Waals surface area contributed by atoms with E-state index in [9.17, 15) is 10.2 Å². The van der Waals surface area contributed by atoms with Gasteiger partial charge in [-0.25, -0.2) is 0 Å². The monoisotopic (exact) mass is 454 g/mol. The Hall–Kier alpha value is -2.02. The molecule has 0 saturated heterocycles. The molecule has 2 rings (SSSR count). The van der Waals surface area contributed by atoms with Gasteiger partial charge in [0.2, 0.25) is 0 Å². The Morgan fingerprint density at radius 3 is 1.84 bits per heavy atom. The fourth-order valence-corrected chi connectivity index (χ4v) is 8.58. The maximum absolute atomic E-state index is 10.8. The van der Waals surface area contributed by atoms with Crippen molar-refractivity contribution < 1.29 is 19.4 Å². The van der Waals surface area contributed by atoms with Gasteiger partial charge in [0.25, 0.3) is 8.32 Å². The van der Waals surface area contributed by atoms with Crippen molar-refractivity contribution in [3.63, 3.8) is 0 Å². The maximum atomic E-state index is 10.8. The number of aliphatic hydroxyl groups excluding tert-OH is 2. The number of hydrogen-bond donors (Lipinski definition) is 2. The van der Waals surface area contributed by atoms with E-state index < -0.39 is 26.1 Å². The zero-order valence-electron chi connectivity index (χ0n) is 20.0. The Bertz CT molecular complexity index is 821. The summed E-state index contributed by atoms with van der Waals surface area (Å²) in [5.74, 6) is 0. The standard InChI is InChI=1S/C27H38O4Si/c1-7-19-27(5,30-6)20-18-24(28)25(29)21-31-32(26(2,3)4,22-14-10-8-11-15-22)23-16-12-9-13-17-23/h7-18,20,24-25,28-29H,1,19,21H2,2-6H3/b20-18-/t24-,25-,27+/m1/s1. The highest BCUT2D eigenvalue weighted by Crippen LogP contribution is 2.36. The van der Waals surface area contributed by atoms with Crippen LogP contribution in [0.4, 0.5) is 0 Å². The van der Waals surface area contributed by atoms with Crippen LogP contribution in [0.5, 0.6) is 0 Å². The van der Waals surface area contributed by atoms with Gasteiger partial charge in [-0.2, -0.15) is 0 Å². The van der Waals surface area contributed by atoms with Gasteiger partial charge in [0, 0.05) is 7.11 Å². The van der Waals surface area contributed by atoms with Gasteiger partial charge >= 0.3 is 0 Å². The first-order valence-electron chi connectivity index (χ1n) is 11.1. The quantitative estimate of drug-likeness (QED) is 0.400. The van der Waals surface area contributed by atoms with Gasteiger partial charge in [-0.05, 0) is 28.8 Å². The minimum atomic E-state index is -2.77. The Labute approximate surface area is 194 Å². The van der Waals surface area contributed by atoms with Crippen LogP contribution in [0.2, 0.25) is 5.04 Å². The molecule has 0 radical (unpaired) electrons. The predicted molar refractivity (Wildman–Crippen MR) is 135 cm³/mol. The first kappa shape index (κ1) is 26.2. The van der Waals surface area contributed by atoms with Crippen molar-refractivity contribution in [1.82, 2.24) is 0 Å². The first-order chi connectivity index (χ1) is 15.1. The van der Waals surface area contributed by atoms with E-state index in [1.165, 1.54) is 0 Å². The van der Waals surface area contributed by atoms with Crippen LogP contribution in [0.15, 0.2) is 85.5 Å². The highest BCUT2D eigenvalue weighted by Gasteiger charge is 2.50. The van der Waals surface area contributed by atoms with Crippen molar-refractivity contribution in [2.45, 2.75) is 57.0 Å². The van der Waals surface area contributed by atoms with Crippen molar-refractivity contribution in [2.75, 3.05) is 13.7 Å². The molecule has 2 aromatic rings. The minimum Gasteiger partial charge on any atom is -0.405 e. The lowest BCUT2D eigenvalue weighted by Gasteiger charge is -2.43. The Morgan fingerprint density at radius 1 is 0.938 bits per heavy atom. The molecule has 3 atom stereocenters. The summed E-state index contributed by atoms with van der Waals surface area (Å²) in [4.78, 5) is 0. The predicted octanol–water partition coefficient (Wildman–Crippen LogP) is 3.82. The summed E-state index contributed by atoms with van der Waals surface area (Å²) in [5.41, 5.74) is -0.582. The normalized spacial score (nSPS) is 16.5. The average molecular weight is 455 g/mol. The lowest BCUT2D eigenvalue weighted by atomic mass is 10.00. The van der Waals surface area contributed by atoms with Gasteiger partial charge in [-0.3, -0.25) is 0 Å². The second kappa shape index (κ2) is 11.2. The number of benzene rings is 2. The van der Waals surface area contributed by atoms with E-state index in [0.29, 0.717) is 6.42 Å². The number of rotatable bonds is 11. The molecule has 0 aromatic heterocycles. The summed E-state index contributed by atoms with van der Waals surface area (Å²) in [7, 11) is -1.16. The van der Waals surface area contributed by atoms with E-state index in [2.05, 4.69) is 51.6 Å². The van der Waals surface area contributed by atoms with Crippen LogP contribution in [0, 0.1) is 0 Å². The van der Waals surface area contributed by atoms with Crippen molar-refractivity contribution in [3.8, 4) is 0 Å². The molecule has 0 saturated carbocycles. The first-order valence-corrected chi connectivity index (χ1v) is 13.0. The van der Waals surface area contributed by atoms with Crippen LogP contribution in [0.1, 0.15) is 34.1 Å². The molecule has 0 amide bonds. The number of methoxy groups -OCH3 is 1. The summed E-state index contributed by atoms with van der Waals surface area (Å²) in [6, 6.07) is 20.5. The lowest BCUT2D eigenvalue weighted by Crippen LogP contribution is -2.67. The highest BCUT2D eigenvalue weighted by molar-refractivity contribution is 6.99. The highest BCUT2D eigenvalue weighted by atomic mass is 28.4. The topological polar surface area (TPSA) is 58.9 Å². The minimum absolute atomic E-state index is 0.0178. The zero-order valence-corrected chi connectivity index (χ0v) is 21.0. The summed E-state index contributed by atoms with van der Waals surface area (Å²) < 4.78 is 12.2. The van der Waals surface area contributed by atoms with Crippen molar-refractivity contribution >= 4 is 18.7 Å². The van der Waals surface area contributed by atoms with Crippen molar-refractivity contribution in [2.24, 2.45) is 0 Å². The fourth-order valence-electron chi connectivity index (χ4n) is 4.01. The van der Waals surface area contributed by atoms with E-state index in [4.69, 9.17) is 9.16 Å². The molecule has 2 N–H and O–H groups in total. The molecule has 0 unspecified atom stereocenters. The summed E-state index contributed by atoms with van der Waals surface area (Å²) in [5, 5.41) is 23.4. The van der Waals surface area contributed by atoms with Crippen LogP contribution < -0.4 is 10.4 Å². The molecular weight excluding hydrogens is 416 g/mol. The molecule has 5 heteroatoms. The Balaban J connectivity index is 2.34. The third-order valence-electron chi connectivity index (χ3n) is 5.94. The molecule has 4 nitrogen and oxygen atoms in total. The molecule has 0 aliphatic carbocycles. The van der Waals surface area contributed by atoms with E-state index >= 15 is 0 Å². The third-order valence-corrected chi connectivity index (χ3v) is 10.9. The molecule has 0 spiro atoms. The molecule has 0 aliphatic heterocycles. The van der Waals surface area contributed by atoms with Crippen molar-refractivity contribution in [3.05, 3.63) is 85.5 Å². The fraction of sp³-hybridized carbons (Fsp3) is 0.407. The van der Waals surface area contributed by atoms with Crippen LogP contribution >= 0.6 is 0 Å². The Morgan fingerprint density at radius 2 is 1.44 bits per heavy atom. The van der Waals surface area contributed by atoms with Crippen LogP contribution in [0.25, 0.3) is 0 Å². The van der Waals surface area contributed by atoms with Gasteiger partial charge in [0.1, 0.15) is 12.2 Å². The number of aliphatic hydroxyl groups is 2. The van der Waals surface area contributed by atoms with E-state index in [-0.39, 0.29) is 11.6 Å². The Kier molecular flexibility index (Phi) is 9.19. The second-order valence-electron chi connectivity index (χ2n) is 9.40. The average Bonchev–Trinajstić information content (AvgIpc) is 2.78. The molecule has 0 bridgehead atoms. The summed E-state index contributed by atoms with van der Waals surface area (Å²) in [6.07, 6.45) is 3.56. The number of ether oxygens (including phenoxy) is 1. The third kappa shape index (κ3) is 6.06. The van der Waals surface area contributed by atoms with E-state index in [1.807, 2.05) is 43.3 Å². The van der Waals surface area contributed by atoms with Crippen LogP contribution in [-0.2, 0) is 9.16 Å². The molecule has 32 heavy (non-hydrogen) atoms. The van der Waals surface area contributed by atoms with Crippen molar-refractivity contribution in [1.29, 1.82) is 0 Å². The molecule has 2 aromatic carbocycles. The summed E-state index contributed by atoms with van der Waals surface area (Å²) in [6.45, 7) is 12.2. The van der Waals surface area contributed by atoms with Gasteiger partial charge in [-0.15, -0.1) is 6.58 Å². The van der Waals surface area contributed by atoms with Crippen LogP contribution in [0.3, 0.4) is 0 Å². The number of hydrogen-bond acceptors (Lipinski definition) is 4. The van der Waals surface area contributed by atoms with Gasteiger partial charge in [0.15, 0.2) is 0 Å². The maximum Gasteiger partial charge on any atom is 0.261 e.